The number of nitrogens with zero attached hydrogens (tertiary/aromatic N) is 2. The minimum absolute atomic E-state index is 0.0481. The number of rotatable bonds is 9. The van der Waals surface area contributed by atoms with Crippen LogP contribution in [0.5, 0.6) is 0 Å². The van der Waals surface area contributed by atoms with Crippen LogP contribution in [-0.2, 0) is 26.0 Å². The van der Waals surface area contributed by atoms with Gasteiger partial charge in [0.15, 0.2) is 9.84 Å². The molecule has 3 atom stereocenters. The summed E-state index contributed by atoms with van der Waals surface area (Å²) in [6, 6.07) is 3.79. The van der Waals surface area contributed by atoms with Gasteiger partial charge >= 0.3 is 0 Å². The maximum atomic E-state index is 14.0. The molecule has 4 rings (SSSR count). The molecule has 9 heteroatoms. The average molecular weight is 520 g/mol. The highest BCUT2D eigenvalue weighted by Gasteiger charge is 2.39. The molecule has 0 bridgehead atoms. The van der Waals surface area contributed by atoms with Crippen molar-refractivity contribution in [1.29, 1.82) is 0 Å². The highest BCUT2D eigenvalue weighted by Crippen LogP contribution is 2.36. The molecule has 1 saturated carbocycles. The first-order valence-corrected chi connectivity index (χ1v) is 15.0. The van der Waals surface area contributed by atoms with E-state index in [4.69, 9.17) is 0 Å². The van der Waals surface area contributed by atoms with Crippen molar-refractivity contribution in [3.8, 4) is 0 Å². The van der Waals surface area contributed by atoms with Gasteiger partial charge in [0, 0.05) is 54.8 Å². The Morgan fingerprint density at radius 2 is 1.86 bits per heavy atom. The van der Waals surface area contributed by atoms with E-state index in [1.807, 2.05) is 16.4 Å². The number of hydrogen-bond donors (Lipinski definition) is 1. The van der Waals surface area contributed by atoms with Crippen LogP contribution in [0.3, 0.4) is 0 Å². The summed E-state index contributed by atoms with van der Waals surface area (Å²) >= 11 is 0. The number of sulfone groups is 1. The van der Waals surface area contributed by atoms with E-state index in [1.54, 1.807) is 19.3 Å². The van der Waals surface area contributed by atoms with Crippen LogP contribution in [0.4, 0.5) is 4.39 Å². The summed E-state index contributed by atoms with van der Waals surface area (Å²) in [4.78, 5) is 28.8. The SMILES string of the molecule is CN[C@@H](C)C(=O)C[C@H](C(=O)N1CCC[C@H]1Cn1cc(S(C)(=O)=O)c2cc(F)ccc21)C1CCCCC1. The van der Waals surface area contributed by atoms with E-state index >= 15 is 0 Å². The molecule has 2 aromatic rings. The molecule has 0 radical (unpaired) electrons. The number of Topliss-reactive ketones (excluding diaryl/α,β-unsaturated/α-hetero) is 1. The number of likely N-dealkylation sites (tertiary alicyclic amines) is 1. The maximum absolute atomic E-state index is 14.0. The molecule has 1 amide bonds. The van der Waals surface area contributed by atoms with E-state index in [0.717, 1.165) is 44.8 Å². The lowest BCUT2D eigenvalue weighted by Gasteiger charge is -2.35. The number of benzene rings is 1. The van der Waals surface area contributed by atoms with Gasteiger partial charge in [-0.1, -0.05) is 19.3 Å². The average Bonchev–Trinajstić information content (AvgIpc) is 3.46. The van der Waals surface area contributed by atoms with Crippen LogP contribution < -0.4 is 5.32 Å². The fraction of sp³-hybridized carbons (Fsp3) is 0.630. The molecule has 0 unspecified atom stereocenters. The third-order valence-corrected chi connectivity index (χ3v) is 9.27. The lowest BCUT2D eigenvalue weighted by Crippen LogP contribution is -2.45. The number of carbonyl (C=O) groups is 2. The molecule has 1 aliphatic heterocycles. The second-order valence-corrected chi connectivity index (χ2v) is 12.6. The predicted octanol–water partition coefficient (Wildman–Crippen LogP) is 3.94. The maximum Gasteiger partial charge on any atom is 0.226 e. The fourth-order valence-corrected chi connectivity index (χ4v) is 6.87. The van der Waals surface area contributed by atoms with Crippen LogP contribution in [0.2, 0.25) is 0 Å². The Morgan fingerprint density at radius 1 is 1.14 bits per heavy atom. The van der Waals surface area contributed by atoms with Crippen molar-refractivity contribution >= 4 is 32.4 Å². The van der Waals surface area contributed by atoms with Gasteiger partial charge in [0.05, 0.1) is 10.9 Å². The topological polar surface area (TPSA) is 88.5 Å². The third-order valence-electron chi connectivity index (χ3n) is 8.15. The molecule has 2 fully saturated rings. The lowest BCUT2D eigenvalue weighted by atomic mass is 9.76. The molecule has 198 valence electrons. The van der Waals surface area contributed by atoms with E-state index in [-0.39, 0.29) is 46.9 Å². The number of hydrogen-bond acceptors (Lipinski definition) is 5. The van der Waals surface area contributed by atoms with Gasteiger partial charge in [0.25, 0.3) is 0 Å². The highest BCUT2D eigenvalue weighted by atomic mass is 32.2. The van der Waals surface area contributed by atoms with Gasteiger partial charge in [-0.3, -0.25) is 9.59 Å². The Kier molecular flexibility index (Phi) is 8.19. The summed E-state index contributed by atoms with van der Waals surface area (Å²) in [5.74, 6) is -0.483. The van der Waals surface area contributed by atoms with Crippen LogP contribution in [0, 0.1) is 17.7 Å². The first-order valence-electron chi connectivity index (χ1n) is 13.1. The molecule has 2 aliphatic rings. The van der Waals surface area contributed by atoms with Crippen LogP contribution in [0.15, 0.2) is 29.3 Å². The molecule has 1 N–H and O–H groups in total. The lowest BCUT2D eigenvalue weighted by molar-refractivity contribution is -0.141. The van der Waals surface area contributed by atoms with Crippen LogP contribution in [0.1, 0.15) is 58.3 Å². The van der Waals surface area contributed by atoms with Crippen LogP contribution >= 0.6 is 0 Å². The molecule has 36 heavy (non-hydrogen) atoms. The predicted molar refractivity (Wildman–Crippen MR) is 138 cm³/mol. The van der Waals surface area contributed by atoms with Crippen molar-refractivity contribution in [3.63, 3.8) is 0 Å². The zero-order valence-corrected chi connectivity index (χ0v) is 22.3. The van der Waals surface area contributed by atoms with Crippen molar-refractivity contribution in [1.82, 2.24) is 14.8 Å². The van der Waals surface area contributed by atoms with Crippen molar-refractivity contribution in [2.45, 2.75) is 81.8 Å². The van der Waals surface area contributed by atoms with E-state index < -0.39 is 15.7 Å². The van der Waals surface area contributed by atoms with Gasteiger partial charge in [-0.15, -0.1) is 0 Å². The quantitative estimate of drug-likeness (QED) is 0.542. The van der Waals surface area contributed by atoms with Gasteiger partial charge in [-0.25, -0.2) is 12.8 Å². The van der Waals surface area contributed by atoms with Crippen LogP contribution in [-0.4, -0.2) is 61.5 Å². The van der Waals surface area contributed by atoms with Gasteiger partial charge < -0.3 is 14.8 Å². The van der Waals surface area contributed by atoms with E-state index in [9.17, 15) is 22.4 Å². The Hall–Kier alpha value is -2.26. The number of aromatic nitrogens is 1. The molecule has 0 spiro atoms. The summed E-state index contributed by atoms with van der Waals surface area (Å²) in [5.41, 5.74) is 0.637. The number of ketones is 1. The number of likely N-dealkylation sites (N-methyl/N-ethyl adjacent to an activating group) is 1. The summed E-state index contributed by atoms with van der Waals surface area (Å²) < 4.78 is 40.6. The number of nitrogens with one attached hydrogen (secondary N) is 1. The first kappa shape index (κ1) is 26.8. The second kappa shape index (κ2) is 11.0. The van der Waals surface area contributed by atoms with Crippen LogP contribution in [0.25, 0.3) is 10.9 Å². The molecule has 1 aromatic heterocycles. The van der Waals surface area contributed by atoms with E-state index in [1.165, 1.54) is 18.6 Å². The number of carbonyl (C=O) groups excluding carboxylic acids is 2. The Morgan fingerprint density at radius 3 is 2.53 bits per heavy atom. The summed E-state index contributed by atoms with van der Waals surface area (Å²) in [6.45, 7) is 2.90. The fourth-order valence-electron chi connectivity index (χ4n) is 5.99. The van der Waals surface area contributed by atoms with Gasteiger partial charge in [-0.05, 0) is 63.8 Å². The Labute approximate surface area is 213 Å². The molecule has 2 heterocycles. The molecule has 1 aliphatic carbocycles. The number of amides is 1. The van der Waals surface area contributed by atoms with Gasteiger partial charge in [0.2, 0.25) is 5.91 Å². The largest absolute Gasteiger partial charge is 0.344 e. The molecule has 1 saturated heterocycles. The number of halogens is 1. The van der Waals surface area contributed by atoms with Crippen molar-refractivity contribution < 1.29 is 22.4 Å². The monoisotopic (exact) mass is 519 g/mol. The highest BCUT2D eigenvalue weighted by molar-refractivity contribution is 7.91. The molecular weight excluding hydrogens is 481 g/mol. The molecular formula is C27H38FN3O4S. The smallest absolute Gasteiger partial charge is 0.226 e. The van der Waals surface area contributed by atoms with Crippen molar-refractivity contribution in [3.05, 3.63) is 30.2 Å². The zero-order valence-electron chi connectivity index (χ0n) is 21.5. The van der Waals surface area contributed by atoms with Crippen molar-refractivity contribution in [2.24, 2.45) is 11.8 Å². The normalized spacial score (nSPS) is 21.1. The van der Waals surface area contributed by atoms with Gasteiger partial charge in [0.1, 0.15) is 11.6 Å². The minimum atomic E-state index is -3.55. The Balaban J connectivity index is 1.61. The van der Waals surface area contributed by atoms with Gasteiger partial charge in [-0.2, -0.15) is 0 Å². The van der Waals surface area contributed by atoms with Crippen molar-refractivity contribution in [2.75, 3.05) is 19.8 Å². The standard InChI is InChI=1S/C27H38FN3O4S/c1-18(29-2)25(32)15-22(19-8-5-4-6-9-19)27(33)31-13-7-10-21(31)16-30-17-26(36(3,34)35)23-14-20(28)11-12-24(23)30/h11-12,14,17-19,21-22,29H,4-10,13,15-16H2,1-3H3/t18-,21-,22-/m0/s1. The van der Waals surface area contributed by atoms with E-state index in [0.29, 0.717) is 24.0 Å². The van der Waals surface area contributed by atoms with E-state index in [2.05, 4.69) is 5.32 Å². The third kappa shape index (κ3) is 5.67. The molecule has 7 nitrogen and oxygen atoms in total. The number of fused-ring (bicyclic) bond motifs is 1. The summed E-state index contributed by atoms with van der Waals surface area (Å²) in [5, 5.41) is 3.37. The summed E-state index contributed by atoms with van der Waals surface area (Å²) in [7, 11) is -1.79. The second-order valence-electron chi connectivity index (χ2n) is 10.6. The molecule has 1 aromatic carbocycles. The zero-order chi connectivity index (χ0) is 26.0. The minimum Gasteiger partial charge on any atom is -0.344 e. The Bertz CT molecular complexity index is 1220. The first-order chi connectivity index (χ1) is 17.1. The summed E-state index contributed by atoms with van der Waals surface area (Å²) in [6.07, 6.45) is 9.91.